The van der Waals surface area contributed by atoms with Crippen molar-refractivity contribution in [1.82, 2.24) is 14.3 Å². The Bertz CT molecular complexity index is 354. The summed E-state index contributed by atoms with van der Waals surface area (Å²) in [5, 5.41) is 3.38. The van der Waals surface area contributed by atoms with Crippen LogP contribution in [0.3, 0.4) is 0 Å². The van der Waals surface area contributed by atoms with Crippen molar-refractivity contribution in [2.45, 2.75) is 57.5 Å². The first kappa shape index (κ1) is 14.2. The summed E-state index contributed by atoms with van der Waals surface area (Å²) < 4.78 is 28.5. The summed E-state index contributed by atoms with van der Waals surface area (Å²) in [6.07, 6.45) is 6.50. The fraction of sp³-hybridized carbons (Fsp3) is 1.00. The number of hydrogen-bond acceptors (Lipinski definition) is 3. The van der Waals surface area contributed by atoms with Crippen LogP contribution in [0.4, 0.5) is 0 Å². The molecule has 0 aromatic rings. The summed E-state index contributed by atoms with van der Waals surface area (Å²) in [4.78, 5) is 0. The molecule has 0 bridgehead atoms. The van der Waals surface area contributed by atoms with E-state index in [9.17, 15) is 8.42 Å². The maximum Gasteiger partial charge on any atom is 0.279 e. The molecule has 1 saturated carbocycles. The Kier molecular flexibility index (Phi) is 5.00. The van der Waals surface area contributed by atoms with E-state index in [4.69, 9.17) is 0 Å². The van der Waals surface area contributed by atoms with E-state index in [0.29, 0.717) is 19.1 Å². The molecule has 2 rings (SSSR count). The normalized spacial score (nSPS) is 26.4. The van der Waals surface area contributed by atoms with Crippen LogP contribution < -0.4 is 10.0 Å². The van der Waals surface area contributed by atoms with Crippen LogP contribution in [0.15, 0.2) is 0 Å². The predicted octanol–water partition coefficient (Wildman–Crippen LogP) is 0.837. The average Bonchev–Trinajstić information content (AvgIpc) is 3.13. The van der Waals surface area contributed by atoms with Crippen molar-refractivity contribution < 1.29 is 8.42 Å². The van der Waals surface area contributed by atoms with Gasteiger partial charge in [-0.15, -0.1) is 0 Å². The lowest BCUT2D eigenvalue weighted by atomic mass is 10.1. The Balaban J connectivity index is 1.68. The molecule has 1 atom stereocenters. The molecule has 106 valence electrons. The first-order valence-corrected chi connectivity index (χ1v) is 8.53. The molecule has 2 N–H and O–H groups in total. The van der Waals surface area contributed by atoms with Gasteiger partial charge in [0.25, 0.3) is 10.2 Å². The number of piperidine rings is 1. The fourth-order valence-corrected chi connectivity index (χ4v) is 3.91. The quantitative estimate of drug-likeness (QED) is 0.677. The van der Waals surface area contributed by atoms with Crippen molar-refractivity contribution in [3.05, 3.63) is 0 Å². The van der Waals surface area contributed by atoms with E-state index in [1.165, 1.54) is 12.8 Å². The molecule has 0 amide bonds. The summed E-state index contributed by atoms with van der Waals surface area (Å²) in [6.45, 7) is 4.10. The molecule has 2 aliphatic rings. The Labute approximate surface area is 110 Å². The SMILES string of the molecule is CC1CCCCN1S(=O)(=O)NCCCNC1CC1. The molecule has 1 unspecified atom stereocenters. The standard InChI is InChI=1S/C12H25N3O2S/c1-11-5-2-3-10-15(11)18(16,17)14-9-4-8-13-12-6-7-12/h11-14H,2-10H2,1H3. The highest BCUT2D eigenvalue weighted by molar-refractivity contribution is 7.87. The van der Waals surface area contributed by atoms with Gasteiger partial charge in [0.15, 0.2) is 0 Å². The van der Waals surface area contributed by atoms with E-state index in [1.54, 1.807) is 4.31 Å². The van der Waals surface area contributed by atoms with Gasteiger partial charge in [0, 0.05) is 25.2 Å². The van der Waals surface area contributed by atoms with Gasteiger partial charge < -0.3 is 5.32 Å². The van der Waals surface area contributed by atoms with Crippen LogP contribution >= 0.6 is 0 Å². The molecule has 18 heavy (non-hydrogen) atoms. The van der Waals surface area contributed by atoms with Gasteiger partial charge in [-0.1, -0.05) is 6.42 Å². The number of rotatable bonds is 7. The summed E-state index contributed by atoms with van der Waals surface area (Å²) >= 11 is 0. The van der Waals surface area contributed by atoms with E-state index in [0.717, 1.165) is 32.2 Å². The third-order valence-electron chi connectivity index (χ3n) is 3.70. The second kappa shape index (κ2) is 6.32. The van der Waals surface area contributed by atoms with Crippen molar-refractivity contribution in [3.63, 3.8) is 0 Å². The van der Waals surface area contributed by atoms with Gasteiger partial charge in [-0.3, -0.25) is 0 Å². The molecule has 6 heteroatoms. The van der Waals surface area contributed by atoms with Crippen LogP contribution in [0.2, 0.25) is 0 Å². The van der Waals surface area contributed by atoms with Gasteiger partial charge >= 0.3 is 0 Å². The zero-order chi connectivity index (χ0) is 13.0. The maximum absolute atomic E-state index is 12.1. The minimum atomic E-state index is -3.26. The lowest BCUT2D eigenvalue weighted by Gasteiger charge is -2.32. The Morgan fingerprint density at radius 1 is 1.17 bits per heavy atom. The van der Waals surface area contributed by atoms with Crippen molar-refractivity contribution in [2.75, 3.05) is 19.6 Å². The maximum atomic E-state index is 12.1. The summed E-state index contributed by atoms with van der Waals surface area (Å²) in [7, 11) is -3.26. The van der Waals surface area contributed by atoms with Gasteiger partial charge in [-0.25, -0.2) is 4.72 Å². The third kappa shape index (κ3) is 4.19. The summed E-state index contributed by atoms with van der Waals surface area (Å²) in [5.74, 6) is 0. The van der Waals surface area contributed by atoms with Crippen molar-refractivity contribution in [2.24, 2.45) is 0 Å². The van der Waals surface area contributed by atoms with Gasteiger partial charge in [-0.05, 0) is 45.6 Å². The van der Waals surface area contributed by atoms with E-state index in [1.807, 2.05) is 6.92 Å². The minimum absolute atomic E-state index is 0.140. The van der Waals surface area contributed by atoms with Crippen molar-refractivity contribution in [3.8, 4) is 0 Å². The predicted molar refractivity (Wildman–Crippen MR) is 72.6 cm³/mol. The number of hydrogen-bond donors (Lipinski definition) is 2. The minimum Gasteiger partial charge on any atom is -0.314 e. The zero-order valence-electron chi connectivity index (χ0n) is 11.2. The van der Waals surface area contributed by atoms with Gasteiger partial charge in [0.05, 0.1) is 0 Å². The monoisotopic (exact) mass is 275 g/mol. The molecule has 1 aliphatic carbocycles. The van der Waals surface area contributed by atoms with Crippen LogP contribution in [0.1, 0.15) is 45.4 Å². The average molecular weight is 275 g/mol. The first-order valence-electron chi connectivity index (χ1n) is 7.09. The molecule has 1 aliphatic heterocycles. The lowest BCUT2D eigenvalue weighted by molar-refractivity contribution is 0.265. The molecule has 2 fully saturated rings. The fourth-order valence-electron chi connectivity index (χ4n) is 2.39. The second-order valence-electron chi connectivity index (χ2n) is 5.44. The summed E-state index contributed by atoms with van der Waals surface area (Å²) in [6, 6.07) is 0.838. The number of nitrogens with one attached hydrogen (secondary N) is 2. The van der Waals surface area contributed by atoms with Crippen LogP contribution in [0, 0.1) is 0 Å². The van der Waals surface area contributed by atoms with Gasteiger partial charge in [-0.2, -0.15) is 12.7 Å². The lowest BCUT2D eigenvalue weighted by Crippen LogP contribution is -2.48. The van der Waals surface area contributed by atoms with E-state index in [-0.39, 0.29) is 6.04 Å². The van der Waals surface area contributed by atoms with Crippen LogP contribution in [0.5, 0.6) is 0 Å². The molecule has 0 aromatic carbocycles. The zero-order valence-corrected chi connectivity index (χ0v) is 12.0. The van der Waals surface area contributed by atoms with E-state index < -0.39 is 10.2 Å². The van der Waals surface area contributed by atoms with Gasteiger partial charge in [0.1, 0.15) is 0 Å². The topological polar surface area (TPSA) is 61.4 Å². The highest BCUT2D eigenvalue weighted by atomic mass is 32.2. The smallest absolute Gasteiger partial charge is 0.279 e. The van der Waals surface area contributed by atoms with Crippen LogP contribution in [0.25, 0.3) is 0 Å². The van der Waals surface area contributed by atoms with Crippen LogP contribution in [-0.2, 0) is 10.2 Å². The van der Waals surface area contributed by atoms with Crippen molar-refractivity contribution in [1.29, 1.82) is 0 Å². The van der Waals surface area contributed by atoms with Crippen molar-refractivity contribution >= 4 is 10.2 Å². The second-order valence-corrected chi connectivity index (χ2v) is 7.14. The van der Waals surface area contributed by atoms with Gasteiger partial charge in [0.2, 0.25) is 0 Å². The molecular formula is C12H25N3O2S. The van der Waals surface area contributed by atoms with Crippen LogP contribution in [-0.4, -0.2) is 44.4 Å². The Morgan fingerprint density at radius 2 is 1.94 bits per heavy atom. The van der Waals surface area contributed by atoms with E-state index >= 15 is 0 Å². The molecule has 0 spiro atoms. The first-order chi connectivity index (χ1) is 8.59. The highest BCUT2D eigenvalue weighted by Gasteiger charge is 2.28. The molecular weight excluding hydrogens is 250 g/mol. The largest absolute Gasteiger partial charge is 0.314 e. The number of nitrogens with zero attached hydrogens (tertiary/aromatic N) is 1. The molecule has 0 aromatic heterocycles. The van der Waals surface area contributed by atoms with E-state index in [2.05, 4.69) is 10.0 Å². The molecule has 1 saturated heterocycles. The summed E-state index contributed by atoms with van der Waals surface area (Å²) in [5.41, 5.74) is 0. The highest BCUT2D eigenvalue weighted by Crippen LogP contribution is 2.19. The Morgan fingerprint density at radius 3 is 2.61 bits per heavy atom. The molecule has 1 heterocycles. The molecule has 5 nitrogen and oxygen atoms in total. The Hall–Kier alpha value is -0.170. The molecule has 0 radical (unpaired) electrons. The third-order valence-corrected chi connectivity index (χ3v) is 5.43.